The minimum atomic E-state index is -0.546. The monoisotopic (exact) mass is 294 g/mol. The first-order valence-electron chi connectivity index (χ1n) is 4.96. The van der Waals surface area contributed by atoms with Crippen LogP contribution in [0.1, 0.15) is 16.1 Å². The number of nitrogens with two attached hydrogens (primary N) is 2. The quantitative estimate of drug-likeness (QED) is 0.891. The van der Waals surface area contributed by atoms with E-state index in [1.165, 1.54) is 0 Å². The van der Waals surface area contributed by atoms with Gasteiger partial charge in [0.15, 0.2) is 0 Å². The molecule has 0 fully saturated rings. The fraction of sp³-hybridized carbons (Fsp3) is 0.0909. The molecule has 0 spiro atoms. The fourth-order valence-corrected chi connectivity index (χ4v) is 1.94. The molecule has 88 valence electrons. The van der Waals surface area contributed by atoms with Gasteiger partial charge in [0, 0.05) is 17.2 Å². The number of amides is 1. The van der Waals surface area contributed by atoms with Gasteiger partial charge in [-0.1, -0.05) is 15.9 Å². The highest BCUT2D eigenvalue weighted by atomic mass is 79.9. The summed E-state index contributed by atoms with van der Waals surface area (Å²) in [5.41, 5.74) is 12.8. The van der Waals surface area contributed by atoms with Crippen LogP contribution in [0.4, 0.5) is 0 Å². The normalized spacial score (nSPS) is 10.5. The first kappa shape index (κ1) is 11.8. The van der Waals surface area contributed by atoms with Crippen molar-refractivity contribution in [3.8, 4) is 5.69 Å². The highest BCUT2D eigenvalue weighted by Crippen LogP contribution is 2.19. The lowest BCUT2D eigenvalue weighted by Gasteiger charge is -2.08. The van der Waals surface area contributed by atoms with Crippen LogP contribution in [0.5, 0.6) is 0 Å². The van der Waals surface area contributed by atoms with Gasteiger partial charge in [0.1, 0.15) is 5.69 Å². The van der Waals surface area contributed by atoms with Gasteiger partial charge in [0.25, 0.3) is 5.91 Å². The SMILES string of the molecule is NCc1cc(Br)ccc1-n1ccc(C(N)=O)n1. The Hall–Kier alpha value is -1.66. The van der Waals surface area contributed by atoms with Crippen LogP contribution in [-0.2, 0) is 6.54 Å². The summed E-state index contributed by atoms with van der Waals surface area (Å²) in [5, 5.41) is 4.09. The maximum absolute atomic E-state index is 11.0. The number of nitrogens with zero attached hydrogens (tertiary/aromatic N) is 2. The van der Waals surface area contributed by atoms with E-state index in [2.05, 4.69) is 21.0 Å². The lowest BCUT2D eigenvalue weighted by atomic mass is 10.2. The summed E-state index contributed by atoms with van der Waals surface area (Å²) < 4.78 is 2.54. The Balaban J connectivity index is 2.48. The molecule has 4 N–H and O–H groups in total. The van der Waals surface area contributed by atoms with Gasteiger partial charge in [-0.25, -0.2) is 4.68 Å². The van der Waals surface area contributed by atoms with E-state index in [0.717, 1.165) is 15.7 Å². The second-order valence-electron chi connectivity index (χ2n) is 3.49. The summed E-state index contributed by atoms with van der Waals surface area (Å²) >= 11 is 3.38. The third-order valence-electron chi connectivity index (χ3n) is 2.35. The van der Waals surface area contributed by atoms with Crippen molar-refractivity contribution < 1.29 is 4.79 Å². The van der Waals surface area contributed by atoms with E-state index in [9.17, 15) is 4.79 Å². The van der Waals surface area contributed by atoms with E-state index in [-0.39, 0.29) is 5.69 Å². The van der Waals surface area contributed by atoms with Gasteiger partial charge >= 0.3 is 0 Å². The number of aromatic nitrogens is 2. The van der Waals surface area contributed by atoms with Crippen molar-refractivity contribution in [2.75, 3.05) is 0 Å². The molecule has 5 nitrogen and oxygen atoms in total. The van der Waals surface area contributed by atoms with Crippen LogP contribution in [-0.4, -0.2) is 15.7 Å². The predicted octanol–water partition coefficient (Wildman–Crippen LogP) is 1.19. The topological polar surface area (TPSA) is 86.9 Å². The molecule has 0 saturated carbocycles. The average Bonchev–Trinajstić information content (AvgIpc) is 2.78. The number of benzene rings is 1. The van der Waals surface area contributed by atoms with Crippen molar-refractivity contribution in [3.63, 3.8) is 0 Å². The molecule has 0 unspecified atom stereocenters. The standard InChI is InChI=1S/C11H11BrN4O/c12-8-1-2-10(7(5-8)6-13)16-4-3-9(15-16)11(14)17/h1-5H,6,13H2,(H2,14,17). The molecular weight excluding hydrogens is 284 g/mol. The molecular formula is C11H11BrN4O. The summed E-state index contributed by atoms with van der Waals surface area (Å²) in [6.07, 6.45) is 1.68. The van der Waals surface area contributed by atoms with Gasteiger partial charge in [0.2, 0.25) is 0 Å². The van der Waals surface area contributed by atoms with Crippen LogP contribution >= 0.6 is 15.9 Å². The molecule has 1 aromatic heterocycles. The van der Waals surface area contributed by atoms with Crippen LogP contribution in [0.15, 0.2) is 34.9 Å². The first-order valence-corrected chi connectivity index (χ1v) is 5.75. The van der Waals surface area contributed by atoms with Crippen LogP contribution in [0.3, 0.4) is 0 Å². The lowest BCUT2D eigenvalue weighted by molar-refractivity contribution is 0.0995. The van der Waals surface area contributed by atoms with E-state index >= 15 is 0 Å². The Bertz CT molecular complexity index is 564. The summed E-state index contributed by atoms with van der Waals surface area (Å²) in [6, 6.07) is 7.26. The Morgan fingerprint density at radius 3 is 2.76 bits per heavy atom. The molecule has 17 heavy (non-hydrogen) atoms. The molecule has 1 aromatic carbocycles. The van der Waals surface area contributed by atoms with E-state index in [4.69, 9.17) is 11.5 Å². The third kappa shape index (κ3) is 2.37. The highest BCUT2D eigenvalue weighted by molar-refractivity contribution is 9.10. The maximum atomic E-state index is 11.0. The Morgan fingerprint density at radius 2 is 2.18 bits per heavy atom. The molecule has 0 bridgehead atoms. The summed E-state index contributed by atoms with van der Waals surface area (Å²) in [4.78, 5) is 11.0. The van der Waals surface area contributed by atoms with Crippen LogP contribution in [0.25, 0.3) is 5.69 Å². The van der Waals surface area contributed by atoms with Gasteiger partial charge < -0.3 is 11.5 Å². The number of primary amides is 1. The Labute approximate surface area is 107 Å². The van der Waals surface area contributed by atoms with Crippen molar-refractivity contribution in [3.05, 3.63) is 46.2 Å². The molecule has 2 rings (SSSR count). The molecule has 1 heterocycles. The van der Waals surface area contributed by atoms with E-state index in [1.54, 1.807) is 16.9 Å². The number of hydrogen-bond acceptors (Lipinski definition) is 3. The minimum Gasteiger partial charge on any atom is -0.364 e. The second-order valence-corrected chi connectivity index (χ2v) is 4.40. The first-order chi connectivity index (χ1) is 8.11. The third-order valence-corrected chi connectivity index (χ3v) is 2.84. The summed E-state index contributed by atoms with van der Waals surface area (Å²) in [5.74, 6) is -0.546. The van der Waals surface area contributed by atoms with E-state index < -0.39 is 5.91 Å². The van der Waals surface area contributed by atoms with Gasteiger partial charge in [-0.05, 0) is 29.8 Å². The smallest absolute Gasteiger partial charge is 0.269 e. The molecule has 0 aliphatic heterocycles. The molecule has 0 radical (unpaired) electrons. The Kier molecular flexibility index (Phi) is 3.26. The number of halogens is 1. The van der Waals surface area contributed by atoms with Crippen molar-refractivity contribution >= 4 is 21.8 Å². The lowest BCUT2D eigenvalue weighted by Crippen LogP contribution is -2.12. The Morgan fingerprint density at radius 1 is 1.41 bits per heavy atom. The molecule has 2 aromatic rings. The van der Waals surface area contributed by atoms with Gasteiger partial charge in [-0.15, -0.1) is 0 Å². The number of carbonyl (C=O) groups is 1. The van der Waals surface area contributed by atoms with Crippen LogP contribution < -0.4 is 11.5 Å². The molecule has 0 aliphatic rings. The molecule has 1 amide bonds. The van der Waals surface area contributed by atoms with Gasteiger partial charge in [0.05, 0.1) is 5.69 Å². The number of hydrogen-bond donors (Lipinski definition) is 2. The van der Waals surface area contributed by atoms with Crippen molar-refractivity contribution in [2.24, 2.45) is 11.5 Å². The number of rotatable bonds is 3. The zero-order valence-electron chi connectivity index (χ0n) is 8.93. The van der Waals surface area contributed by atoms with Crippen LogP contribution in [0.2, 0.25) is 0 Å². The van der Waals surface area contributed by atoms with Crippen LogP contribution in [0, 0.1) is 0 Å². The zero-order chi connectivity index (χ0) is 12.4. The van der Waals surface area contributed by atoms with E-state index in [0.29, 0.717) is 6.54 Å². The largest absolute Gasteiger partial charge is 0.364 e. The fourth-order valence-electron chi connectivity index (χ4n) is 1.53. The van der Waals surface area contributed by atoms with Gasteiger partial charge in [-0.2, -0.15) is 5.10 Å². The summed E-state index contributed by atoms with van der Waals surface area (Å²) in [6.45, 7) is 0.389. The maximum Gasteiger partial charge on any atom is 0.269 e. The number of carbonyl (C=O) groups excluding carboxylic acids is 1. The van der Waals surface area contributed by atoms with Crippen molar-refractivity contribution in [1.82, 2.24) is 9.78 Å². The molecule has 6 heteroatoms. The molecule has 0 aliphatic carbocycles. The minimum absolute atomic E-state index is 0.232. The highest BCUT2D eigenvalue weighted by Gasteiger charge is 2.08. The van der Waals surface area contributed by atoms with Crippen molar-refractivity contribution in [1.29, 1.82) is 0 Å². The zero-order valence-corrected chi connectivity index (χ0v) is 10.5. The molecule has 0 saturated heterocycles. The van der Waals surface area contributed by atoms with Gasteiger partial charge in [-0.3, -0.25) is 4.79 Å². The van der Waals surface area contributed by atoms with E-state index in [1.807, 2.05) is 18.2 Å². The molecule has 0 atom stereocenters. The second kappa shape index (κ2) is 4.68. The van der Waals surface area contributed by atoms with Crippen molar-refractivity contribution in [2.45, 2.75) is 6.54 Å². The summed E-state index contributed by atoms with van der Waals surface area (Å²) in [7, 11) is 0. The predicted molar refractivity (Wildman–Crippen MR) is 67.7 cm³/mol. The average molecular weight is 295 g/mol.